The molecule has 0 aromatic carbocycles. The van der Waals surface area contributed by atoms with E-state index in [1.54, 1.807) is 15.4 Å². The van der Waals surface area contributed by atoms with E-state index in [1.165, 1.54) is 0 Å². The smallest absolute Gasteiger partial charge is 0.216 e. The number of rotatable bonds is 2. The van der Waals surface area contributed by atoms with E-state index < -0.39 is 53.2 Å². The van der Waals surface area contributed by atoms with Gasteiger partial charge in [-0.15, -0.1) is 10.2 Å². The van der Waals surface area contributed by atoms with Gasteiger partial charge < -0.3 is 0 Å². The fourth-order valence-corrected chi connectivity index (χ4v) is 1.61. The second-order valence-corrected chi connectivity index (χ2v) is 4.61. The summed E-state index contributed by atoms with van der Waals surface area (Å²) in [5, 5.41) is 4.75. The molecule has 0 spiro atoms. The van der Waals surface area contributed by atoms with E-state index in [9.17, 15) is 65.9 Å². The summed E-state index contributed by atoms with van der Waals surface area (Å²) < 4.78 is 191. The van der Waals surface area contributed by atoms with Crippen LogP contribution < -0.4 is 0 Å². The molecule has 0 amide bonds. The molecule has 1 heterocycles. The van der Waals surface area contributed by atoms with Crippen LogP contribution in [-0.4, -0.2) is 40.1 Å². The Hall–Kier alpha value is -2.04. The largest absolute Gasteiger partial charge is 0.437 e. The summed E-state index contributed by atoms with van der Waals surface area (Å²) in [5.74, 6) is -3.93. The van der Waals surface area contributed by atoms with Gasteiger partial charge in [0.05, 0.1) is 0 Å². The molecular formula is C9F15N3. The van der Waals surface area contributed by atoms with Gasteiger partial charge in [-0.2, -0.15) is 52.7 Å². The van der Waals surface area contributed by atoms with E-state index in [0.29, 0.717) is 0 Å². The first-order valence-corrected chi connectivity index (χ1v) is 5.68. The van der Waals surface area contributed by atoms with Crippen LogP contribution in [0.5, 0.6) is 0 Å². The predicted molar refractivity (Wildman–Crippen MR) is 49.6 cm³/mol. The second-order valence-electron chi connectivity index (χ2n) is 4.61. The predicted octanol–water partition coefficient (Wildman–Crippen LogP) is 4.59. The van der Waals surface area contributed by atoms with Crippen LogP contribution in [0, 0.1) is 5.82 Å². The first-order chi connectivity index (χ1) is 11.6. The molecule has 0 bridgehead atoms. The Morgan fingerprint density at radius 3 is 0.852 bits per heavy atom. The van der Waals surface area contributed by atoms with Gasteiger partial charge in [-0.05, 0) is 5.21 Å². The Kier molecular flexibility index (Phi) is 5.09. The van der Waals surface area contributed by atoms with Gasteiger partial charge in [0.25, 0.3) is 0 Å². The molecule has 0 saturated carbocycles. The zero-order valence-corrected chi connectivity index (χ0v) is 11.5. The molecule has 0 atom stereocenters. The van der Waals surface area contributed by atoms with Crippen molar-refractivity contribution in [3.05, 3.63) is 17.2 Å². The average Bonchev–Trinajstić information content (AvgIpc) is 2.41. The third-order valence-corrected chi connectivity index (χ3v) is 2.92. The molecule has 0 N–H and O–H groups in total. The maximum Gasteiger partial charge on any atom is 0.437 e. The quantitative estimate of drug-likeness (QED) is 0.639. The fraction of sp³-hybridized carbons (Fsp3) is 0.667. The van der Waals surface area contributed by atoms with Crippen molar-refractivity contribution in [3.63, 3.8) is 0 Å². The van der Waals surface area contributed by atoms with Crippen molar-refractivity contribution in [1.29, 1.82) is 0 Å². The summed E-state index contributed by atoms with van der Waals surface area (Å²) in [6, 6.07) is 0. The van der Waals surface area contributed by atoms with Gasteiger partial charge in [-0.25, -0.2) is 13.2 Å². The van der Waals surface area contributed by atoms with Crippen LogP contribution in [0.15, 0.2) is 0 Å². The lowest BCUT2D eigenvalue weighted by atomic mass is 9.94. The van der Waals surface area contributed by atoms with E-state index in [-0.39, 0.29) is 0 Å². The third-order valence-electron chi connectivity index (χ3n) is 2.92. The molecule has 0 fully saturated rings. The molecule has 1 aromatic rings. The van der Waals surface area contributed by atoms with Crippen LogP contribution in [0.4, 0.5) is 65.9 Å². The maximum absolute atomic E-state index is 13.7. The van der Waals surface area contributed by atoms with Crippen LogP contribution in [0.1, 0.15) is 11.4 Å². The van der Waals surface area contributed by atoms with E-state index in [4.69, 9.17) is 0 Å². The Morgan fingerprint density at radius 2 is 0.667 bits per heavy atom. The van der Waals surface area contributed by atoms with Crippen LogP contribution in [-0.2, 0) is 11.3 Å². The average molecular weight is 435 g/mol. The van der Waals surface area contributed by atoms with Crippen LogP contribution in [0.3, 0.4) is 0 Å². The highest BCUT2D eigenvalue weighted by atomic mass is 19.4. The second kappa shape index (κ2) is 5.98. The van der Waals surface area contributed by atoms with Crippen LogP contribution in [0.2, 0.25) is 0 Å². The Bertz CT molecular complexity index is 612. The lowest BCUT2D eigenvalue weighted by molar-refractivity contribution is -0.354. The summed E-state index contributed by atoms with van der Waals surface area (Å²) in [6.07, 6.45) is -28.7. The van der Waals surface area contributed by atoms with Gasteiger partial charge in [-0.1, -0.05) is 0 Å². The maximum atomic E-state index is 13.7. The molecule has 156 valence electrons. The highest BCUT2D eigenvalue weighted by molar-refractivity contribution is 5.27. The monoisotopic (exact) mass is 435 g/mol. The number of hydrogen-bond donors (Lipinski definition) is 0. The van der Waals surface area contributed by atoms with Gasteiger partial charge in [0.1, 0.15) is 0 Å². The van der Waals surface area contributed by atoms with E-state index in [0.717, 1.165) is 0 Å². The number of aromatic nitrogens is 3. The van der Waals surface area contributed by atoms with Crippen molar-refractivity contribution < 1.29 is 65.9 Å². The van der Waals surface area contributed by atoms with Crippen molar-refractivity contribution in [2.75, 3.05) is 0 Å². The summed E-state index contributed by atoms with van der Waals surface area (Å²) >= 11 is 0. The zero-order valence-electron chi connectivity index (χ0n) is 11.5. The number of halogens is 15. The van der Waals surface area contributed by atoms with E-state index in [1.807, 2.05) is 0 Å². The lowest BCUT2D eigenvalue weighted by Gasteiger charge is -2.32. The molecule has 1 aromatic heterocycles. The van der Waals surface area contributed by atoms with Crippen molar-refractivity contribution in [1.82, 2.24) is 15.4 Å². The minimum Gasteiger partial charge on any atom is -0.216 e. The summed E-state index contributed by atoms with van der Waals surface area (Å²) in [4.78, 5) is 0. The van der Waals surface area contributed by atoms with Crippen molar-refractivity contribution >= 4 is 0 Å². The van der Waals surface area contributed by atoms with Gasteiger partial charge in [0, 0.05) is 0 Å². The Balaban J connectivity index is 3.98. The molecule has 0 aliphatic carbocycles. The van der Waals surface area contributed by atoms with Gasteiger partial charge in [0.15, 0.2) is 17.2 Å². The molecule has 1 rings (SSSR count). The summed E-state index contributed by atoms with van der Waals surface area (Å²) in [5.41, 5.74) is -21.3. The normalized spacial score (nSPS) is 15.2. The topological polar surface area (TPSA) is 38.7 Å². The number of alkyl halides is 14. The van der Waals surface area contributed by atoms with E-state index >= 15 is 0 Å². The molecule has 18 heteroatoms. The van der Waals surface area contributed by atoms with Crippen molar-refractivity contribution in [2.24, 2.45) is 0 Å². The highest BCUT2D eigenvalue weighted by Gasteiger charge is 2.79. The van der Waals surface area contributed by atoms with Crippen molar-refractivity contribution in [3.8, 4) is 0 Å². The highest BCUT2D eigenvalue weighted by Crippen LogP contribution is 2.56. The summed E-state index contributed by atoms with van der Waals surface area (Å²) in [7, 11) is 0. The third kappa shape index (κ3) is 3.21. The molecule has 0 saturated heterocycles. The standard InChI is InChI=1S/C9F15N3/c10-1-2(4(11,6(13,14)15)7(16,17)18)25-27-26-3(1)5(12,8(19,20)21)9(22,23)24. The Labute approximate surface area is 136 Å². The molecule has 0 radical (unpaired) electrons. The van der Waals surface area contributed by atoms with Gasteiger partial charge in [-0.3, -0.25) is 0 Å². The van der Waals surface area contributed by atoms with Gasteiger partial charge in [0.2, 0.25) is 0 Å². The lowest BCUT2D eigenvalue weighted by Crippen LogP contribution is -2.54. The van der Waals surface area contributed by atoms with Gasteiger partial charge >= 0.3 is 36.0 Å². The first-order valence-electron chi connectivity index (χ1n) is 5.68. The SMILES string of the molecule is Fc1c(C(F)(C(F)(F)F)C(F)(F)F)nnnc1C(F)(C(F)(F)F)C(F)(F)F. The summed E-state index contributed by atoms with van der Waals surface area (Å²) in [6.45, 7) is 0. The minimum atomic E-state index is -7.19. The first kappa shape index (κ1) is 23.0. The minimum absolute atomic E-state index is 1.57. The van der Waals surface area contributed by atoms with Crippen LogP contribution in [0.25, 0.3) is 0 Å². The molecule has 0 unspecified atom stereocenters. The molecule has 27 heavy (non-hydrogen) atoms. The fourth-order valence-electron chi connectivity index (χ4n) is 1.61. The molecule has 0 aliphatic rings. The molecule has 3 nitrogen and oxygen atoms in total. The van der Waals surface area contributed by atoms with Crippen molar-refractivity contribution in [2.45, 2.75) is 36.0 Å². The molecule has 0 aliphatic heterocycles. The zero-order chi connectivity index (χ0) is 21.9. The number of hydrogen-bond acceptors (Lipinski definition) is 3. The van der Waals surface area contributed by atoms with E-state index in [2.05, 4.69) is 0 Å². The number of nitrogens with zero attached hydrogens (tertiary/aromatic N) is 3. The molecular weight excluding hydrogens is 435 g/mol. The Morgan fingerprint density at radius 1 is 0.444 bits per heavy atom. The van der Waals surface area contributed by atoms with Crippen LogP contribution >= 0.6 is 0 Å².